The van der Waals surface area contributed by atoms with Crippen LogP contribution in [-0.4, -0.2) is 34.9 Å². The van der Waals surface area contributed by atoms with Gasteiger partial charge in [-0.25, -0.2) is 0 Å². The van der Waals surface area contributed by atoms with Crippen LogP contribution < -0.4 is 5.32 Å². The van der Waals surface area contributed by atoms with E-state index in [-0.39, 0.29) is 12.0 Å². The number of nitrogens with one attached hydrogen (secondary N) is 1. The highest BCUT2D eigenvalue weighted by Gasteiger charge is 2.24. The lowest BCUT2D eigenvalue weighted by atomic mass is 10.2. The van der Waals surface area contributed by atoms with E-state index in [0.717, 1.165) is 24.5 Å². The summed E-state index contributed by atoms with van der Waals surface area (Å²) < 4.78 is 6.89. The summed E-state index contributed by atoms with van der Waals surface area (Å²) in [6.45, 7) is 7.93. The minimum absolute atomic E-state index is 0.0507. The minimum atomic E-state index is -0.0507. The Bertz CT molecular complexity index is 408. The SMILES string of the molecule is CCn1nc(C)c(C(=O)NC[C@@H]2CO2)c1C. The molecule has 0 saturated carbocycles. The van der Waals surface area contributed by atoms with Crippen LogP contribution in [0.5, 0.6) is 0 Å². The molecule has 0 aromatic carbocycles. The summed E-state index contributed by atoms with van der Waals surface area (Å²) in [5, 5.41) is 7.18. The van der Waals surface area contributed by atoms with Crippen molar-refractivity contribution in [3.63, 3.8) is 0 Å². The maximum absolute atomic E-state index is 11.9. The molecule has 1 N–H and O–H groups in total. The van der Waals surface area contributed by atoms with Gasteiger partial charge in [-0.1, -0.05) is 0 Å². The monoisotopic (exact) mass is 223 g/mol. The number of ether oxygens (including phenoxy) is 1. The first kappa shape index (κ1) is 11.1. The maximum Gasteiger partial charge on any atom is 0.255 e. The normalized spacial score (nSPS) is 18.6. The number of carbonyl (C=O) groups is 1. The van der Waals surface area contributed by atoms with Crippen LogP contribution in [0.3, 0.4) is 0 Å². The summed E-state index contributed by atoms with van der Waals surface area (Å²) in [5.74, 6) is -0.0507. The van der Waals surface area contributed by atoms with Crippen molar-refractivity contribution >= 4 is 5.91 Å². The van der Waals surface area contributed by atoms with E-state index in [1.54, 1.807) is 0 Å². The Kier molecular flexibility index (Phi) is 2.96. The Morgan fingerprint density at radius 2 is 2.31 bits per heavy atom. The molecular formula is C11H17N3O2. The summed E-state index contributed by atoms with van der Waals surface area (Å²) in [6, 6.07) is 0. The molecular weight excluding hydrogens is 206 g/mol. The molecule has 1 amide bonds. The van der Waals surface area contributed by atoms with E-state index < -0.39 is 0 Å². The fourth-order valence-corrected chi connectivity index (χ4v) is 1.81. The number of hydrogen-bond donors (Lipinski definition) is 1. The lowest BCUT2D eigenvalue weighted by molar-refractivity contribution is 0.0949. The van der Waals surface area contributed by atoms with Crippen LogP contribution in [0.4, 0.5) is 0 Å². The standard InChI is InChI=1S/C11H17N3O2/c1-4-14-8(3)10(7(2)13-14)11(15)12-5-9-6-16-9/h9H,4-6H2,1-3H3,(H,12,15)/t9-/m1/s1. The lowest BCUT2D eigenvalue weighted by Gasteiger charge is -2.04. The van der Waals surface area contributed by atoms with E-state index in [0.29, 0.717) is 12.1 Å². The van der Waals surface area contributed by atoms with E-state index in [4.69, 9.17) is 4.74 Å². The minimum Gasteiger partial charge on any atom is -0.371 e. The van der Waals surface area contributed by atoms with E-state index in [2.05, 4.69) is 10.4 Å². The zero-order chi connectivity index (χ0) is 11.7. The maximum atomic E-state index is 11.9. The molecule has 5 heteroatoms. The number of epoxide rings is 1. The van der Waals surface area contributed by atoms with Crippen molar-refractivity contribution in [2.75, 3.05) is 13.2 Å². The van der Waals surface area contributed by atoms with Crippen LogP contribution in [0.1, 0.15) is 28.7 Å². The van der Waals surface area contributed by atoms with Gasteiger partial charge in [0.25, 0.3) is 5.91 Å². The second kappa shape index (κ2) is 4.25. The molecule has 16 heavy (non-hydrogen) atoms. The topological polar surface area (TPSA) is 59.5 Å². The van der Waals surface area contributed by atoms with Crippen LogP contribution in [0, 0.1) is 13.8 Å². The van der Waals surface area contributed by atoms with Gasteiger partial charge in [-0.3, -0.25) is 9.48 Å². The highest BCUT2D eigenvalue weighted by molar-refractivity contribution is 5.96. The molecule has 1 fully saturated rings. The Morgan fingerprint density at radius 3 is 2.81 bits per heavy atom. The molecule has 1 aliphatic rings. The van der Waals surface area contributed by atoms with E-state index in [9.17, 15) is 4.79 Å². The Labute approximate surface area is 94.8 Å². The van der Waals surface area contributed by atoms with Crippen molar-refractivity contribution in [2.45, 2.75) is 33.4 Å². The molecule has 0 aliphatic carbocycles. The highest BCUT2D eigenvalue weighted by Crippen LogP contribution is 2.13. The van der Waals surface area contributed by atoms with Crippen LogP contribution in [0.15, 0.2) is 0 Å². The molecule has 2 rings (SSSR count). The third-order valence-electron chi connectivity index (χ3n) is 2.80. The van der Waals surface area contributed by atoms with Crippen molar-refractivity contribution in [2.24, 2.45) is 0 Å². The fraction of sp³-hybridized carbons (Fsp3) is 0.636. The van der Waals surface area contributed by atoms with Gasteiger partial charge in [-0.2, -0.15) is 5.10 Å². The summed E-state index contributed by atoms with van der Waals surface area (Å²) in [7, 11) is 0. The van der Waals surface area contributed by atoms with E-state index in [1.165, 1.54) is 0 Å². The largest absolute Gasteiger partial charge is 0.371 e. The van der Waals surface area contributed by atoms with Gasteiger partial charge in [-0.15, -0.1) is 0 Å². The third-order valence-corrected chi connectivity index (χ3v) is 2.80. The van der Waals surface area contributed by atoms with Crippen molar-refractivity contribution in [1.82, 2.24) is 15.1 Å². The van der Waals surface area contributed by atoms with Crippen molar-refractivity contribution < 1.29 is 9.53 Å². The quantitative estimate of drug-likeness (QED) is 0.762. The van der Waals surface area contributed by atoms with E-state index >= 15 is 0 Å². The molecule has 2 heterocycles. The number of amides is 1. The highest BCUT2D eigenvalue weighted by atomic mass is 16.6. The molecule has 0 spiro atoms. The molecule has 5 nitrogen and oxygen atoms in total. The number of hydrogen-bond acceptors (Lipinski definition) is 3. The van der Waals surface area contributed by atoms with Gasteiger partial charge >= 0.3 is 0 Å². The zero-order valence-electron chi connectivity index (χ0n) is 9.91. The second-order valence-electron chi connectivity index (χ2n) is 4.03. The summed E-state index contributed by atoms with van der Waals surface area (Å²) in [5.41, 5.74) is 2.41. The Morgan fingerprint density at radius 1 is 1.62 bits per heavy atom. The number of aromatic nitrogens is 2. The lowest BCUT2D eigenvalue weighted by Crippen LogP contribution is -2.28. The zero-order valence-corrected chi connectivity index (χ0v) is 9.91. The van der Waals surface area contributed by atoms with Crippen molar-refractivity contribution in [3.05, 3.63) is 17.0 Å². The molecule has 1 aromatic heterocycles. The summed E-state index contributed by atoms with van der Waals surface area (Å²) in [6.07, 6.45) is 0.214. The van der Waals surface area contributed by atoms with Gasteiger partial charge in [0.15, 0.2) is 0 Å². The average molecular weight is 223 g/mol. The Balaban J connectivity index is 2.11. The van der Waals surface area contributed by atoms with Crippen LogP contribution in [0.2, 0.25) is 0 Å². The first-order valence-corrected chi connectivity index (χ1v) is 5.57. The van der Waals surface area contributed by atoms with Gasteiger partial charge in [0.05, 0.1) is 24.0 Å². The molecule has 1 aromatic rings. The van der Waals surface area contributed by atoms with Crippen LogP contribution in [0.25, 0.3) is 0 Å². The molecule has 88 valence electrons. The molecule has 1 atom stereocenters. The predicted molar refractivity (Wildman–Crippen MR) is 59.4 cm³/mol. The van der Waals surface area contributed by atoms with Gasteiger partial charge in [-0.05, 0) is 20.8 Å². The Hall–Kier alpha value is -1.36. The van der Waals surface area contributed by atoms with Crippen molar-refractivity contribution in [3.8, 4) is 0 Å². The fourth-order valence-electron chi connectivity index (χ4n) is 1.81. The molecule has 0 radical (unpaired) electrons. The predicted octanol–water partition coefficient (Wildman–Crippen LogP) is 0.648. The van der Waals surface area contributed by atoms with Gasteiger partial charge in [0, 0.05) is 18.8 Å². The first-order valence-electron chi connectivity index (χ1n) is 5.57. The second-order valence-corrected chi connectivity index (χ2v) is 4.03. The number of carbonyl (C=O) groups excluding carboxylic acids is 1. The van der Waals surface area contributed by atoms with Gasteiger partial charge in [0.2, 0.25) is 0 Å². The molecule has 1 saturated heterocycles. The van der Waals surface area contributed by atoms with Crippen LogP contribution >= 0.6 is 0 Å². The summed E-state index contributed by atoms with van der Waals surface area (Å²) >= 11 is 0. The van der Waals surface area contributed by atoms with E-state index in [1.807, 2.05) is 25.5 Å². The van der Waals surface area contributed by atoms with Crippen molar-refractivity contribution in [1.29, 1.82) is 0 Å². The molecule has 0 unspecified atom stereocenters. The average Bonchev–Trinajstić information content (AvgIpc) is 3.02. The van der Waals surface area contributed by atoms with Gasteiger partial charge < -0.3 is 10.1 Å². The number of rotatable bonds is 4. The number of nitrogens with zero attached hydrogens (tertiary/aromatic N) is 2. The third kappa shape index (κ3) is 2.09. The number of aryl methyl sites for hydroxylation is 2. The smallest absolute Gasteiger partial charge is 0.255 e. The van der Waals surface area contributed by atoms with Crippen LogP contribution in [-0.2, 0) is 11.3 Å². The summed E-state index contributed by atoms with van der Waals surface area (Å²) in [4.78, 5) is 11.9. The van der Waals surface area contributed by atoms with Gasteiger partial charge in [0.1, 0.15) is 0 Å². The molecule has 0 bridgehead atoms. The molecule has 1 aliphatic heterocycles. The first-order chi connectivity index (χ1) is 7.63.